The molecule has 0 atom stereocenters. The molecule has 0 saturated carbocycles. The Labute approximate surface area is 202 Å². The Morgan fingerprint density at radius 3 is 0.781 bits per heavy atom. The van der Waals surface area contributed by atoms with E-state index >= 15 is 0 Å². The van der Waals surface area contributed by atoms with Gasteiger partial charge in [-0.3, -0.25) is 0 Å². The lowest BCUT2D eigenvalue weighted by Crippen LogP contribution is -2.43. The quantitative estimate of drug-likeness (QED) is 0.207. The molecule has 0 unspecified atom stereocenters. The van der Waals surface area contributed by atoms with Gasteiger partial charge in [-0.05, 0) is 24.3 Å². The van der Waals surface area contributed by atoms with Gasteiger partial charge in [-0.2, -0.15) is 0 Å². The molecule has 13 heteroatoms. The highest BCUT2D eigenvalue weighted by molar-refractivity contribution is 6.61. The van der Waals surface area contributed by atoms with Gasteiger partial charge in [0, 0.05) is 92.4 Å². The highest BCUT2D eigenvalue weighted by atomic mass is 28.4. The van der Waals surface area contributed by atoms with Crippen LogP contribution in [0.15, 0.2) is 0 Å². The third kappa shape index (κ3) is 10.0. The second kappa shape index (κ2) is 16.2. The van der Waals surface area contributed by atoms with Gasteiger partial charge in [0.15, 0.2) is 0 Å². The molecule has 0 aliphatic rings. The minimum atomic E-state index is -2.57. The van der Waals surface area contributed by atoms with Gasteiger partial charge in [-0.25, -0.2) is 0 Å². The molecule has 0 heterocycles. The van der Waals surface area contributed by atoms with Crippen molar-refractivity contribution in [2.75, 3.05) is 64.0 Å². The fourth-order valence-corrected chi connectivity index (χ4v) is 10.5. The monoisotopic (exact) mass is 532 g/mol. The first-order chi connectivity index (χ1) is 15.2. The van der Waals surface area contributed by atoms with Crippen LogP contribution in [0, 0.1) is 0 Å². The zero-order chi connectivity index (χ0) is 24.7. The normalized spacial score (nSPS) is 13.8. The highest BCUT2D eigenvalue weighted by Crippen LogP contribution is 2.42. The summed E-state index contributed by atoms with van der Waals surface area (Å²) in [5.74, 6) is 0. The van der Waals surface area contributed by atoms with Gasteiger partial charge < -0.3 is 39.8 Å². The lowest BCUT2D eigenvalue weighted by molar-refractivity contribution is 0.121. The first-order valence-corrected chi connectivity index (χ1v) is 17.9. The van der Waals surface area contributed by atoms with Crippen LogP contribution >= 0.6 is 0 Å². The van der Waals surface area contributed by atoms with Crippen LogP contribution in [-0.2, 0) is 39.8 Å². The standard InChI is InChI=1S/C19H48O9Si4/c1-20-30(21-2,22-3)16-10-13-19(29,14-11-17-31(23-4,24-5)25-6)15-12-18-32(26-7,27-8)28-9/h10-18H2,1-9,29H3. The zero-order valence-electron chi connectivity index (χ0n) is 22.0. The Balaban J connectivity index is 5.18. The lowest BCUT2D eigenvalue weighted by atomic mass is 9.92. The maximum absolute atomic E-state index is 5.61. The third-order valence-electron chi connectivity index (χ3n) is 6.59. The molecule has 0 N–H and O–H groups in total. The molecule has 0 bridgehead atoms. The summed E-state index contributed by atoms with van der Waals surface area (Å²) in [5.41, 5.74) is 0. The smallest absolute Gasteiger partial charge is 0.377 e. The minimum absolute atomic E-state index is 0.250. The van der Waals surface area contributed by atoms with Crippen LogP contribution in [0.1, 0.15) is 38.5 Å². The Morgan fingerprint density at radius 2 is 0.625 bits per heavy atom. The van der Waals surface area contributed by atoms with Crippen molar-refractivity contribution in [1.29, 1.82) is 0 Å². The maximum atomic E-state index is 5.61. The fourth-order valence-electron chi connectivity index (χ4n) is 4.24. The van der Waals surface area contributed by atoms with E-state index in [9.17, 15) is 0 Å². The van der Waals surface area contributed by atoms with Crippen LogP contribution in [0.4, 0.5) is 0 Å². The molecule has 0 aromatic rings. The molecule has 0 aromatic carbocycles. The van der Waals surface area contributed by atoms with Gasteiger partial charge in [0.25, 0.3) is 0 Å². The Kier molecular flexibility index (Phi) is 16.5. The summed E-state index contributed by atoms with van der Waals surface area (Å²) in [4.78, 5) is 0. The van der Waals surface area contributed by atoms with E-state index in [1.165, 1.54) is 0 Å². The van der Waals surface area contributed by atoms with Crippen LogP contribution in [0.25, 0.3) is 0 Å². The zero-order valence-corrected chi connectivity index (χ0v) is 27.0. The van der Waals surface area contributed by atoms with Crippen LogP contribution in [-0.4, -0.2) is 101 Å². The van der Waals surface area contributed by atoms with Crippen LogP contribution in [0.5, 0.6) is 0 Å². The van der Waals surface area contributed by atoms with Crippen molar-refractivity contribution in [3.8, 4) is 0 Å². The van der Waals surface area contributed by atoms with E-state index in [-0.39, 0.29) is 5.04 Å². The van der Waals surface area contributed by atoms with Crippen LogP contribution in [0.3, 0.4) is 0 Å². The second-order valence-electron chi connectivity index (χ2n) is 8.26. The predicted octanol–water partition coefficient (Wildman–Crippen LogP) is 2.49. The van der Waals surface area contributed by atoms with E-state index in [0.717, 1.165) is 66.9 Å². The Morgan fingerprint density at radius 1 is 0.438 bits per heavy atom. The molecule has 32 heavy (non-hydrogen) atoms. The molecule has 0 aliphatic heterocycles. The van der Waals surface area contributed by atoms with Crippen molar-refractivity contribution in [2.24, 2.45) is 0 Å². The molecular formula is C19H48O9Si4. The van der Waals surface area contributed by atoms with E-state index < -0.39 is 26.4 Å². The predicted molar refractivity (Wildman–Crippen MR) is 135 cm³/mol. The highest BCUT2D eigenvalue weighted by Gasteiger charge is 2.41. The van der Waals surface area contributed by atoms with Crippen LogP contribution in [0.2, 0.25) is 23.2 Å². The first kappa shape index (κ1) is 32.5. The molecule has 0 fully saturated rings. The summed E-state index contributed by atoms with van der Waals surface area (Å²) in [6.07, 6.45) is 6.25. The van der Waals surface area contributed by atoms with Gasteiger partial charge in [0.2, 0.25) is 0 Å². The Bertz CT molecular complexity index is 386. The van der Waals surface area contributed by atoms with Gasteiger partial charge in [0.05, 0.1) is 0 Å². The molecule has 194 valence electrons. The number of hydrogen-bond acceptors (Lipinski definition) is 9. The lowest BCUT2D eigenvalue weighted by Gasteiger charge is -2.34. The fraction of sp³-hybridized carbons (Fsp3) is 1.00. The van der Waals surface area contributed by atoms with E-state index in [4.69, 9.17) is 39.8 Å². The maximum Gasteiger partial charge on any atom is 0.500 e. The Hall–Kier alpha value is 0.508. The molecule has 0 rings (SSSR count). The van der Waals surface area contributed by atoms with Crippen molar-refractivity contribution < 1.29 is 39.8 Å². The van der Waals surface area contributed by atoms with Gasteiger partial charge >= 0.3 is 26.4 Å². The second-order valence-corrected chi connectivity index (χ2v) is 19.7. The third-order valence-corrected chi connectivity index (χ3v) is 16.6. The summed E-state index contributed by atoms with van der Waals surface area (Å²) in [6.45, 7) is 0. The summed E-state index contributed by atoms with van der Waals surface area (Å²) < 4.78 is 50.5. The van der Waals surface area contributed by atoms with Crippen molar-refractivity contribution in [1.82, 2.24) is 0 Å². The molecule has 0 aromatic heterocycles. The average Bonchev–Trinajstić information content (AvgIpc) is 2.83. The minimum Gasteiger partial charge on any atom is -0.377 e. The molecule has 9 nitrogen and oxygen atoms in total. The molecule has 0 radical (unpaired) electrons. The van der Waals surface area contributed by atoms with Gasteiger partial charge in [-0.1, -0.05) is 19.3 Å². The first-order valence-electron chi connectivity index (χ1n) is 11.1. The molecule has 0 saturated heterocycles. The summed E-state index contributed by atoms with van der Waals surface area (Å²) in [5, 5.41) is 0.250. The largest absolute Gasteiger partial charge is 0.500 e. The van der Waals surface area contributed by atoms with E-state index in [1.54, 1.807) is 64.0 Å². The van der Waals surface area contributed by atoms with Crippen molar-refractivity contribution in [2.45, 2.75) is 61.7 Å². The topological polar surface area (TPSA) is 83.1 Å². The van der Waals surface area contributed by atoms with Crippen LogP contribution < -0.4 is 0 Å². The average molecular weight is 533 g/mol. The summed E-state index contributed by atoms with van der Waals surface area (Å²) in [6, 6.07) is 2.42. The van der Waals surface area contributed by atoms with E-state index in [1.807, 2.05) is 0 Å². The van der Waals surface area contributed by atoms with Crippen molar-refractivity contribution >= 4 is 36.7 Å². The SMILES string of the molecule is CO[Si](CCCC([SiH3])(CCC[Si](OC)(OC)OC)CCC[Si](OC)(OC)OC)(OC)OC. The van der Waals surface area contributed by atoms with Gasteiger partial charge in [-0.15, -0.1) is 0 Å². The van der Waals surface area contributed by atoms with E-state index in [0.29, 0.717) is 0 Å². The number of hydrogen-bond donors (Lipinski definition) is 0. The molecule has 0 amide bonds. The number of rotatable bonds is 21. The van der Waals surface area contributed by atoms with Gasteiger partial charge in [0.1, 0.15) is 0 Å². The van der Waals surface area contributed by atoms with Crippen molar-refractivity contribution in [3.63, 3.8) is 0 Å². The van der Waals surface area contributed by atoms with Crippen molar-refractivity contribution in [3.05, 3.63) is 0 Å². The molecule has 0 aliphatic carbocycles. The summed E-state index contributed by atoms with van der Waals surface area (Å²) in [7, 11) is 8.39. The van der Waals surface area contributed by atoms with E-state index in [2.05, 4.69) is 0 Å². The summed E-state index contributed by atoms with van der Waals surface area (Å²) >= 11 is 0. The molecule has 0 spiro atoms. The molecular weight excluding hydrogens is 485 g/mol.